The van der Waals surface area contributed by atoms with E-state index in [4.69, 9.17) is 10.5 Å². The fourth-order valence-corrected chi connectivity index (χ4v) is 1.59. The maximum atomic E-state index is 11.8. The van der Waals surface area contributed by atoms with E-state index >= 15 is 0 Å². The molecule has 0 aromatic carbocycles. The molecule has 1 amide bonds. The molecule has 0 aliphatic heterocycles. The molecule has 0 aliphatic carbocycles. The van der Waals surface area contributed by atoms with Crippen molar-refractivity contribution in [1.29, 1.82) is 0 Å². The van der Waals surface area contributed by atoms with E-state index in [-0.39, 0.29) is 5.91 Å². The van der Waals surface area contributed by atoms with Crippen LogP contribution >= 0.6 is 0 Å². The van der Waals surface area contributed by atoms with Crippen molar-refractivity contribution in [3.05, 3.63) is 18.0 Å². The van der Waals surface area contributed by atoms with Crippen molar-refractivity contribution in [2.24, 2.45) is 12.8 Å². The zero-order valence-corrected chi connectivity index (χ0v) is 11.8. The molecule has 1 atom stereocenters. The first-order chi connectivity index (χ1) is 9.04. The first kappa shape index (κ1) is 15.6. The lowest BCUT2D eigenvalue weighted by molar-refractivity contribution is -0.122. The van der Waals surface area contributed by atoms with Gasteiger partial charge < -0.3 is 20.7 Å². The van der Waals surface area contributed by atoms with Crippen LogP contribution in [0.5, 0.6) is 0 Å². The van der Waals surface area contributed by atoms with Crippen molar-refractivity contribution in [2.75, 3.05) is 40.4 Å². The van der Waals surface area contributed by atoms with Gasteiger partial charge in [-0.2, -0.15) is 5.10 Å². The molecule has 0 saturated heterocycles. The van der Waals surface area contributed by atoms with Crippen LogP contribution in [0.4, 0.5) is 0 Å². The van der Waals surface area contributed by atoms with E-state index in [9.17, 15) is 4.79 Å². The predicted octanol–water partition coefficient (Wildman–Crippen LogP) is -0.886. The van der Waals surface area contributed by atoms with Crippen molar-refractivity contribution in [3.8, 4) is 0 Å². The van der Waals surface area contributed by atoms with Gasteiger partial charge in [0.1, 0.15) is 6.04 Å². The highest BCUT2D eigenvalue weighted by atomic mass is 16.5. The van der Waals surface area contributed by atoms with Gasteiger partial charge in [0.25, 0.3) is 0 Å². The topological polar surface area (TPSA) is 85.4 Å². The summed E-state index contributed by atoms with van der Waals surface area (Å²) in [5, 5.41) is 6.81. The molecule has 0 aliphatic rings. The van der Waals surface area contributed by atoms with Gasteiger partial charge in [-0.3, -0.25) is 9.48 Å². The van der Waals surface area contributed by atoms with Crippen LogP contribution in [0.25, 0.3) is 0 Å². The Morgan fingerprint density at radius 3 is 2.95 bits per heavy atom. The summed E-state index contributed by atoms with van der Waals surface area (Å²) in [5.41, 5.74) is 6.57. The van der Waals surface area contributed by atoms with Gasteiger partial charge in [0, 0.05) is 45.6 Å². The van der Waals surface area contributed by atoms with Crippen LogP contribution < -0.4 is 11.1 Å². The summed E-state index contributed by atoms with van der Waals surface area (Å²) in [4.78, 5) is 13.9. The van der Waals surface area contributed by atoms with Crippen LogP contribution in [0.1, 0.15) is 11.6 Å². The van der Waals surface area contributed by atoms with Crippen molar-refractivity contribution >= 4 is 5.91 Å². The Hall–Kier alpha value is -1.44. The molecule has 0 saturated carbocycles. The molecule has 1 rings (SSSR count). The molecule has 108 valence electrons. The third-order valence-corrected chi connectivity index (χ3v) is 2.84. The van der Waals surface area contributed by atoms with E-state index in [1.807, 2.05) is 7.05 Å². The number of aryl methyl sites for hydroxylation is 1. The SMILES string of the molecule is COCCN(C)CCNC(=O)C(N)c1cnn(C)c1. The van der Waals surface area contributed by atoms with E-state index in [1.54, 1.807) is 31.2 Å². The Morgan fingerprint density at radius 2 is 2.37 bits per heavy atom. The minimum absolute atomic E-state index is 0.187. The van der Waals surface area contributed by atoms with Gasteiger partial charge in [-0.1, -0.05) is 0 Å². The number of hydrogen-bond donors (Lipinski definition) is 2. The van der Waals surface area contributed by atoms with Gasteiger partial charge in [0.05, 0.1) is 12.8 Å². The normalized spacial score (nSPS) is 12.7. The first-order valence-corrected chi connectivity index (χ1v) is 6.24. The number of nitrogens with two attached hydrogens (primary N) is 1. The van der Waals surface area contributed by atoms with E-state index < -0.39 is 6.04 Å². The smallest absolute Gasteiger partial charge is 0.241 e. The van der Waals surface area contributed by atoms with Crippen LogP contribution in [0.3, 0.4) is 0 Å². The van der Waals surface area contributed by atoms with E-state index in [1.165, 1.54) is 0 Å². The number of hydrogen-bond acceptors (Lipinski definition) is 5. The molecular formula is C12H23N5O2. The van der Waals surface area contributed by atoms with E-state index in [0.717, 1.165) is 13.1 Å². The lowest BCUT2D eigenvalue weighted by atomic mass is 10.1. The quantitative estimate of drug-likeness (QED) is 0.640. The van der Waals surface area contributed by atoms with E-state index in [0.29, 0.717) is 18.7 Å². The maximum absolute atomic E-state index is 11.8. The molecule has 0 spiro atoms. The summed E-state index contributed by atoms with van der Waals surface area (Å²) < 4.78 is 6.61. The summed E-state index contributed by atoms with van der Waals surface area (Å²) >= 11 is 0. The molecule has 19 heavy (non-hydrogen) atoms. The van der Waals surface area contributed by atoms with Crippen LogP contribution in [0.2, 0.25) is 0 Å². The van der Waals surface area contributed by atoms with Crippen molar-refractivity contribution in [1.82, 2.24) is 20.0 Å². The van der Waals surface area contributed by atoms with Gasteiger partial charge in [-0.15, -0.1) is 0 Å². The average molecular weight is 269 g/mol. The van der Waals surface area contributed by atoms with Crippen molar-refractivity contribution in [3.63, 3.8) is 0 Å². The van der Waals surface area contributed by atoms with Crippen molar-refractivity contribution < 1.29 is 9.53 Å². The number of amides is 1. The fourth-order valence-electron chi connectivity index (χ4n) is 1.59. The van der Waals surface area contributed by atoms with Crippen LogP contribution in [-0.4, -0.2) is 61.0 Å². The predicted molar refractivity (Wildman–Crippen MR) is 72.5 cm³/mol. The molecule has 7 heteroatoms. The number of nitrogens with zero attached hydrogens (tertiary/aromatic N) is 3. The molecule has 0 bridgehead atoms. The van der Waals surface area contributed by atoms with Gasteiger partial charge in [0.2, 0.25) is 5.91 Å². The lowest BCUT2D eigenvalue weighted by Gasteiger charge is -2.17. The molecule has 3 N–H and O–H groups in total. The molecule has 1 unspecified atom stereocenters. The second-order valence-electron chi connectivity index (χ2n) is 4.51. The molecule has 0 radical (unpaired) electrons. The Balaban J connectivity index is 2.27. The Kier molecular flexibility index (Phi) is 6.48. The Bertz CT molecular complexity index is 393. The second kappa shape index (κ2) is 7.88. The highest BCUT2D eigenvalue weighted by Crippen LogP contribution is 2.07. The highest BCUT2D eigenvalue weighted by Gasteiger charge is 2.16. The zero-order valence-electron chi connectivity index (χ0n) is 11.8. The Labute approximate surface area is 113 Å². The first-order valence-electron chi connectivity index (χ1n) is 6.24. The number of ether oxygens (including phenoxy) is 1. The standard InChI is InChI=1S/C12H23N5O2/c1-16(6-7-19-3)5-4-14-12(18)11(13)10-8-15-17(2)9-10/h8-9,11H,4-7,13H2,1-3H3,(H,14,18). The number of carbonyl (C=O) groups excluding carboxylic acids is 1. The zero-order chi connectivity index (χ0) is 14.3. The van der Waals surface area contributed by atoms with Crippen molar-refractivity contribution in [2.45, 2.75) is 6.04 Å². The summed E-state index contributed by atoms with van der Waals surface area (Å²) in [7, 11) is 5.44. The highest BCUT2D eigenvalue weighted by molar-refractivity contribution is 5.82. The molecule has 1 aromatic heterocycles. The van der Waals surface area contributed by atoms with E-state index in [2.05, 4.69) is 15.3 Å². The number of nitrogens with one attached hydrogen (secondary N) is 1. The van der Waals surface area contributed by atoms with Gasteiger partial charge in [-0.25, -0.2) is 0 Å². The minimum Gasteiger partial charge on any atom is -0.383 e. The molecule has 0 fully saturated rings. The third kappa shape index (κ3) is 5.37. The Morgan fingerprint density at radius 1 is 1.63 bits per heavy atom. The molecule has 7 nitrogen and oxygen atoms in total. The number of aromatic nitrogens is 2. The second-order valence-corrected chi connectivity index (χ2v) is 4.51. The summed E-state index contributed by atoms with van der Waals surface area (Å²) in [6.07, 6.45) is 3.35. The summed E-state index contributed by atoms with van der Waals surface area (Å²) in [5.74, 6) is -0.187. The summed E-state index contributed by atoms with van der Waals surface area (Å²) in [6.45, 7) is 2.84. The maximum Gasteiger partial charge on any atom is 0.241 e. The van der Waals surface area contributed by atoms with Gasteiger partial charge in [-0.05, 0) is 7.05 Å². The number of methoxy groups -OCH3 is 1. The monoisotopic (exact) mass is 269 g/mol. The van der Waals surface area contributed by atoms with Gasteiger partial charge >= 0.3 is 0 Å². The molecule has 1 heterocycles. The van der Waals surface area contributed by atoms with Gasteiger partial charge in [0.15, 0.2) is 0 Å². The summed E-state index contributed by atoms with van der Waals surface area (Å²) in [6, 6.07) is -0.669. The third-order valence-electron chi connectivity index (χ3n) is 2.84. The largest absolute Gasteiger partial charge is 0.383 e. The number of rotatable bonds is 8. The number of likely N-dealkylation sites (N-methyl/N-ethyl adjacent to an activating group) is 1. The fraction of sp³-hybridized carbons (Fsp3) is 0.667. The average Bonchev–Trinajstić information content (AvgIpc) is 2.81. The molecule has 1 aromatic rings. The molecular weight excluding hydrogens is 246 g/mol. The lowest BCUT2D eigenvalue weighted by Crippen LogP contribution is -2.39. The van der Waals surface area contributed by atoms with Crippen LogP contribution in [0, 0.1) is 0 Å². The minimum atomic E-state index is -0.669. The van der Waals surface area contributed by atoms with Crippen LogP contribution in [0.15, 0.2) is 12.4 Å². The number of carbonyl (C=O) groups is 1. The van der Waals surface area contributed by atoms with Crippen LogP contribution in [-0.2, 0) is 16.6 Å².